The third-order valence-corrected chi connectivity index (χ3v) is 11.7. The van der Waals surface area contributed by atoms with Crippen LogP contribution in [0.1, 0.15) is 0 Å². The van der Waals surface area contributed by atoms with E-state index < -0.39 is 0 Å². The second kappa shape index (κ2) is 12.5. The minimum atomic E-state index is 0.868. The highest BCUT2D eigenvalue weighted by Crippen LogP contribution is 2.46. The molecule has 9 aromatic carbocycles. The van der Waals surface area contributed by atoms with Crippen molar-refractivity contribution in [3.05, 3.63) is 206 Å². The van der Waals surface area contributed by atoms with Gasteiger partial charge in [0.05, 0.1) is 33.1 Å². The van der Waals surface area contributed by atoms with Crippen LogP contribution in [0, 0.1) is 0 Å². The first-order valence-corrected chi connectivity index (χ1v) is 19.5. The van der Waals surface area contributed by atoms with Gasteiger partial charge in [-0.25, -0.2) is 0 Å². The maximum Gasteiger partial charge on any atom is 0.138 e. The van der Waals surface area contributed by atoms with Crippen LogP contribution in [0.25, 0.3) is 110 Å². The van der Waals surface area contributed by atoms with Gasteiger partial charge in [0.2, 0.25) is 0 Å². The monoisotopic (exact) mass is 726 g/mol. The van der Waals surface area contributed by atoms with E-state index in [9.17, 15) is 0 Å². The molecule has 0 fully saturated rings. The summed E-state index contributed by atoms with van der Waals surface area (Å²) in [5, 5.41) is 7.14. The second-order valence-corrected chi connectivity index (χ2v) is 14.8. The summed E-state index contributed by atoms with van der Waals surface area (Å²) in [6.07, 6.45) is 0. The number of fused-ring (bicyclic) bond motifs is 9. The molecule has 0 saturated heterocycles. The number of hydrogen-bond donors (Lipinski definition) is 0. The minimum Gasteiger partial charge on any atom is -0.456 e. The van der Waals surface area contributed by atoms with E-state index in [1.165, 1.54) is 54.8 Å². The standard InChI is InChI=1S/C54H34N2O/c1-3-17-35(18-4-1)38-21-7-8-22-39(38)36-33-49(54-44-25-11-14-32-50(44)57-51(54)34-36)56-46-29-13-10-24-43(46)53-41(27-16-31-48(53)56)40-26-15-30-47-52(40)42-23-9-12-28-45(42)55(47)37-19-5-2-6-20-37/h1-34H. The lowest BCUT2D eigenvalue weighted by Gasteiger charge is -2.15. The van der Waals surface area contributed by atoms with Crippen molar-refractivity contribution < 1.29 is 4.42 Å². The van der Waals surface area contributed by atoms with Gasteiger partial charge in [0.25, 0.3) is 0 Å². The lowest BCUT2D eigenvalue weighted by atomic mass is 9.93. The predicted molar refractivity (Wildman–Crippen MR) is 239 cm³/mol. The van der Waals surface area contributed by atoms with E-state index in [0.717, 1.165) is 55.5 Å². The third kappa shape index (κ3) is 4.73. The summed E-state index contributed by atoms with van der Waals surface area (Å²) < 4.78 is 11.6. The van der Waals surface area contributed by atoms with Crippen LogP contribution in [-0.4, -0.2) is 9.13 Å². The van der Waals surface area contributed by atoms with Crippen molar-refractivity contribution in [2.45, 2.75) is 0 Å². The maximum absolute atomic E-state index is 6.73. The number of para-hydroxylation sites is 4. The fourth-order valence-electron chi connectivity index (χ4n) is 9.37. The van der Waals surface area contributed by atoms with Crippen molar-refractivity contribution in [3.63, 3.8) is 0 Å². The van der Waals surface area contributed by atoms with Crippen LogP contribution >= 0.6 is 0 Å². The molecule has 0 bridgehead atoms. The van der Waals surface area contributed by atoms with Gasteiger partial charge in [0.1, 0.15) is 11.2 Å². The molecule has 3 aromatic heterocycles. The molecule has 0 aliphatic carbocycles. The van der Waals surface area contributed by atoms with Gasteiger partial charge in [-0.1, -0.05) is 152 Å². The molecule has 0 aliphatic heterocycles. The van der Waals surface area contributed by atoms with Crippen LogP contribution in [0.5, 0.6) is 0 Å². The largest absolute Gasteiger partial charge is 0.456 e. The molecule has 0 amide bonds. The number of rotatable bonds is 5. The van der Waals surface area contributed by atoms with Gasteiger partial charge < -0.3 is 13.6 Å². The average molecular weight is 727 g/mol. The fourth-order valence-corrected chi connectivity index (χ4v) is 9.37. The lowest BCUT2D eigenvalue weighted by molar-refractivity contribution is 0.669. The molecule has 0 spiro atoms. The molecule has 3 heterocycles. The number of furan rings is 1. The van der Waals surface area contributed by atoms with Crippen molar-refractivity contribution in [2.75, 3.05) is 0 Å². The van der Waals surface area contributed by atoms with Crippen LogP contribution < -0.4 is 0 Å². The highest BCUT2D eigenvalue weighted by molar-refractivity contribution is 6.23. The predicted octanol–water partition coefficient (Wildman–Crippen LogP) is 14.8. The Morgan fingerprint density at radius 1 is 0.298 bits per heavy atom. The summed E-state index contributed by atoms with van der Waals surface area (Å²) in [4.78, 5) is 0. The number of aromatic nitrogens is 2. The van der Waals surface area contributed by atoms with Gasteiger partial charge in [-0.05, 0) is 88.0 Å². The van der Waals surface area contributed by atoms with Crippen molar-refractivity contribution in [3.8, 4) is 44.8 Å². The van der Waals surface area contributed by atoms with Crippen molar-refractivity contribution in [2.24, 2.45) is 0 Å². The summed E-state index contributed by atoms with van der Waals surface area (Å²) in [7, 11) is 0. The maximum atomic E-state index is 6.73. The Labute approximate surface area is 328 Å². The van der Waals surface area contributed by atoms with Crippen LogP contribution in [0.2, 0.25) is 0 Å². The van der Waals surface area contributed by atoms with Crippen molar-refractivity contribution in [1.82, 2.24) is 9.13 Å². The van der Waals surface area contributed by atoms with Crippen LogP contribution in [0.15, 0.2) is 211 Å². The second-order valence-electron chi connectivity index (χ2n) is 14.8. The molecule has 0 atom stereocenters. The molecular weight excluding hydrogens is 693 g/mol. The molecule has 3 nitrogen and oxygen atoms in total. The molecule has 12 aromatic rings. The first-order chi connectivity index (χ1) is 28.3. The molecule has 266 valence electrons. The van der Waals surface area contributed by atoms with Gasteiger partial charge in [-0.3, -0.25) is 0 Å². The van der Waals surface area contributed by atoms with Crippen LogP contribution in [0.4, 0.5) is 0 Å². The minimum absolute atomic E-state index is 0.868. The number of benzene rings is 9. The van der Waals surface area contributed by atoms with Gasteiger partial charge >= 0.3 is 0 Å². The first kappa shape index (κ1) is 31.7. The third-order valence-electron chi connectivity index (χ3n) is 11.7. The zero-order chi connectivity index (χ0) is 37.5. The van der Waals surface area contributed by atoms with E-state index in [4.69, 9.17) is 4.42 Å². The normalized spacial score (nSPS) is 11.9. The van der Waals surface area contributed by atoms with E-state index in [1.54, 1.807) is 0 Å². The van der Waals surface area contributed by atoms with Gasteiger partial charge in [-0.2, -0.15) is 0 Å². The molecule has 12 rings (SSSR count). The summed E-state index contributed by atoms with van der Waals surface area (Å²) in [5.41, 5.74) is 15.8. The molecule has 0 unspecified atom stereocenters. The Balaban J connectivity index is 1.19. The Morgan fingerprint density at radius 3 is 1.47 bits per heavy atom. The van der Waals surface area contributed by atoms with Crippen molar-refractivity contribution >= 4 is 65.6 Å². The summed E-state index contributed by atoms with van der Waals surface area (Å²) in [6.45, 7) is 0. The Kier molecular flexibility index (Phi) is 6.93. The average Bonchev–Trinajstić information content (AvgIpc) is 3.95. The van der Waals surface area contributed by atoms with Gasteiger partial charge in [0.15, 0.2) is 0 Å². The lowest BCUT2D eigenvalue weighted by Crippen LogP contribution is -1.96. The molecule has 57 heavy (non-hydrogen) atoms. The molecule has 0 N–H and O–H groups in total. The SMILES string of the molecule is c1ccc(-c2ccccc2-c2cc(-n3c4ccccc4c4c(-c5cccc6c5c5ccccc5n6-c5ccccc5)cccc43)c3c(c2)oc2ccccc23)cc1. The first-order valence-electron chi connectivity index (χ1n) is 19.5. The summed E-state index contributed by atoms with van der Waals surface area (Å²) in [6, 6.07) is 74.3. The summed E-state index contributed by atoms with van der Waals surface area (Å²) in [5.74, 6) is 0. The Bertz CT molecular complexity index is 3510. The van der Waals surface area contributed by atoms with E-state index in [2.05, 4.69) is 215 Å². The zero-order valence-corrected chi connectivity index (χ0v) is 30.9. The van der Waals surface area contributed by atoms with Crippen LogP contribution in [0.3, 0.4) is 0 Å². The van der Waals surface area contributed by atoms with Crippen molar-refractivity contribution in [1.29, 1.82) is 0 Å². The quantitative estimate of drug-likeness (QED) is 0.173. The fraction of sp³-hybridized carbons (Fsp3) is 0. The number of hydrogen-bond acceptors (Lipinski definition) is 1. The van der Waals surface area contributed by atoms with Crippen LogP contribution in [-0.2, 0) is 0 Å². The Morgan fingerprint density at radius 2 is 0.789 bits per heavy atom. The molecule has 3 heteroatoms. The molecule has 0 radical (unpaired) electrons. The van der Waals surface area contributed by atoms with Gasteiger partial charge in [0, 0.05) is 32.6 Å². The molecular formula is C54H34N2O. The smallest absolute Gasteiger partial charge is 0.138 e. The summed E-state index contributed by atoms with van der Waals surface area (Å²) >= 11 is 0. The number of nitrogens with zero attached hydrogens (tertiary/aromatic N) is 2. The van der Waals surface area contributed by atoms with E-state index in [1.807, 2.05) is 0 Å². The topological polar surface area (TPSA) is 23.0 Å². The highest BCUT2D eigenvalue weighted by atomic mass is 16.3. The zero-order valence-electron chi connectivity index (χ0n) is 30.9. The highest BCUT2D eigenvalue weighted by Gasteiger charge is 2.23. The Hall–Kier alpha value is -7.62. The molecule has 0 aliphatic rings. The van der Waals surface area contributed by atoms with E-state index in [-0.39, 0.29) is 0 Å². The van der Waals surface area contributed by atoms with E-state index in [0.29, 0.717) is 0 Å². The molecule has 0 saturated carbocycles. The van der Waals surface area contributed by atoms with Gasteiger partial charge in [-0.15, -0.1) is 0 Å². The van der Waals surface area contributed by atoms with E-state index >= 15 is 0 Å².